The Morgan fingerprint density at radius 2 is 1.96 bits per heavy atom. The van der Waals surface area contributed by atoms with Crippen LogP contribution in [-0.2, 0) is 13.6 Å². The molecule has 1 aliphatic heterocycles. The predicted octanol–water partition coefficient (Wildman–Crippen LogP) is -1.19. The van der Waals surface area contributed by atoms with Crippen molar-refractivity contribution in [1.82, 2.24) is 9.47 Å². The summed E-state index contributed by atoms with van der Waals surface area (Å²) in [6, 6.07) is 6.41. The molecule has 1 saturated heterocycles. The minimum absolute atomic E-state index is 0. The molecule has 5 nitrogen and oxygen atoms in total. The maximum absolute atomic E-state index is 5.95. The van der Waals surface area contributed by atoms with Crippen LogP contribution in [0.25, 0.3) is 0 Å². The third-order valence-corrected chi connectivity index (χ3v) is 4.92. The lowest BCUT2D eigenvalue weighted by atomic mass is 10.1. The number of nitrogens with two attached hydrogens (primary N) is 1. The van der Waals surface area contributed by atoms with E-state index in [0.717, 1.165) is 31.9 Å². The summed E-state index contributed by atoms with van der Waals surface area (Å²) in [6.45, 7) is 8.93. The number of imidazole rings is 1. The van der Waals surface area contributed by atoms with E-state index in [9.17, 15) is 0 Å². The van der Waals surface area contributed by atoms with Crippen LogP contribution < -0.4 is 27.6 Å². The standard InChI is InChI=1S/C19H30N5.ClH/c1-17-15-18(5-6-19(17)20)24-10-4-8-22(13-14-24)7-3-9-23-12-11-21(2)16-23;/h5-6,11-12,15-16H,3-4,7-10,13-14,20H2,1-2H3;1H/q+1;/p-1. The van der Waals surface area contributed by atoms with E-state index < -0.39 is 0 Å². The average molecular weight is 364 g/mol. The zero-order chi connectivity index (χ0) is 16.9. The first kappa shape index (κ1) is 19.6. The highest BCUT2D eigenvalue weighted by atomic mass is 35.5. The molecule has 3 rings (SSSR count). The SMILES string of the molecule is Cc1cc(N2CCCN(CCCn3cc[n+](C)c3)CC2)ccc1N.[Cl-]. The summed E-state index contributed by atoms with van der Waals surface area (Å²) in [6.07, 6.45) is 8.82. The number of aromatic nitrogens is 2. The second-order valence-electron chi connectivity index (χ2n) is 6.89. The van der Waals surface area contributed by atoms with Crippen LogP contribution in [0.15, 0.2) is 36.9 Å². The number of hydrogen-bond donors (Lipinski definition) is 1. The molecule has 0 saturated carbocycles. The molecule has 0 unspecified atom stereocenters. The van der Waals surface area contributed by atoms with E-state index in [4.69, 9.17) is 5.73 Å². The maximum Gasteiger partial charge on any atom is 0.243 e. The minimum atomic E-state index is 0. The van der Waals surface area contributed by atoms with Gasteiger partial charge in [0, 0.05) is 37.6 Å². The third kappa shape index (κ3) is 5.38. The number of rotatable bonds is 5. The molecule has 0 bridgehead atoms. The van der Waals surface area contributed by atoms with Crippen molar-refractivity contribution in [3.8, 4) is 0 Å². The van der Waals surface area contributed by atoms with Crippen molar-refractivity contribution in [2.24, 2.45) is 7.05 Å². The summed E-state index contributed by atoms with van der Waals surface area (Å²) in [5.74, 6) is 0. The molecule has 138 valence electrons. The quantitative estimate of drug-likeness (QED) is 0.536. The highest BCUT2D eigenvalue weighted by Gasteiger charge is 2.15. The summed E-state index contributed by atoms with van der Waals surface area (Å²) >= 11 is 0. The Bertz CT molecular complexity index is 670. The molecular formula is C19H30ClN5. The van der Waals surface area contributed by atoms with Crippen LogP contribution in [0.1, 0.15) is 18.4 Å². The Morgan fingerprint density at radius 1 is 1.12 bits per heavy atom. The van der Waals surface area contributed by atoms with Crippen LogP contribution in [0.4, 0.5) is 11.4 Å². The third-order valence-electron chi connectivity index (χ3n) is 4.92. The van der Waals surface area contributed by atoms with Crippen LogP contribution >= 0.6 is 0 Å². The van der Waals surface area contributed by atoms with Gasteiger partial charge < -0.3 is 27.9 Å². The number of nitrogen functional groups attached to an aromatic ring is 1. The van der Waals surface area contributed by atoms with Crippen molar-refractivity contribution >= 4 is 11.4 Å². The van der Waals surface area contributed by atoms with Gasteiger partial charge in [-0.1, -0.05) is 0 Å². The number of halogens is 1. The fourth-order valence-corrected chi connectivity index (χ4v) is 3.42. The smallest absolute Gasteiger partial charge is 0.243 e. The summed E-state index contributed by atoms with van der Waals surface area (Å²) in [4.78, 5) is 5.10. The molecule has 0 radical (unpaired) electrons. The van der Waals surface area contributed by atoms with Gasteiger partial charge in [-0.15, -0.1) is 0 Å². The van der Waals surface area contributed by atoms with E-state index in [0.29, 0.717) is 0 Å². The van der Waals surface area contributed by atoms with Crippen molar-refractivity contribution < 1.29 is 17.0 Å². The summed E-state index contributed by atoms with van der Waals surface area (Å²) in [5, 5.41) is 0. The molecule has 1 aromatic carbocycles. The van der Waals surface area contributed by atoms with E-state index in [1.807, 2.05) is 6.07 Å². The predicted molar refractivity (Wildman–Crippen MR) is 99.1 cm³/mol. The molecule has 2 aromatic rings. The van der Waals surface area contributed by atoms with Gasteiger partial charge in [0.05, 0.1) is 13.6 Å². The van der Waals surface area contributed by atoms with Crippen LogP contribution in [0.3, 0.4) is 0 Å². The lowest BCUT2D eigenvalue weighted by Crippen LogP contribution is -3.00. The van der Waals surface area contributed by atoms with Gasteiger partial charge in [0.25, 0.3) is 0 Å². The molecule has 2 N–H and O–H groups in total. The highest BCUT2D eigenvalue weighted by molar-refractivity contribution is 5.58. The lowest BCUT2D eigenvalue weighted by Gasteiger charge is -2.24. The van der Waals surface area contributed by atoms with Gasteiger partial charge in [-0.3, -0.25) is 0 Å². The van der Waals surface area contributed by atoms with E-state index in [1.165, 1.54) is 37.2 Å². The van der Waals surface area contributed by atoms with E-state index in [1.54, 1.807) is 0 Å². The van der Waals surface area contributed by atoms with Crippen molar-refractivity contribution in [1.29, 1.82) is 0 Å². The molecule has 1 fully saturated rings. The topological polar surface area (TPSA) is 41.3 Å². The summed E-state index contributed by atoms with van der Waals surface area (Å²) in [7, 11) is 2.07. The van der Waals surface area contributed by atoms with Crippen molar-refractivity contribution in [3.05, 3.63) is 42.5 Å². The molecule has 0 amide bonds. The number of hydrogen-bond acceptors (Lipinski definition) is 3. The van der Waals surface area contributed by atoms with Gasteiger partial charge in [-0.2, -0.15) is 0 Å². The van der Waals surface area contributed by atoms with Crippen LogP contribution in [0, 0.1) is 6.92 Å². The molecule has 0 atom stereocenters. The van der Waals surface area contributed by atoms with E-state index >= 15 is 0 Å². The molecular weight excluding hydrogens is 334 g/mol. The van der Waals surface area contributed by atoms with Crippen LogP contribution in [0.2, 0.25) is 0 Å². The first-order valence-corrected chi connectivity index (χ1v) is 8.96. The Morgan fingerprint density at radius 3 is 2.68 bits per heavy atom. The number of anilines is 2. The van der Waals surface area contributed by atoms with Crippen LogP contribution in [-0.4, -0.2) is 42.2 Å². The van der Waals surface area contributed by atoms with Gasteiger partial charge in [-0.25, -0.2) is 9.13 Å². The molecule has 2 heterocycles. The Labute approximate surface area is 157 Å². The monoisotopic (exact) mass is 363 g/mol. The summed E-state index contributed by atoms with van der Waals surface area (Å²) in [5.41, 5.74) is 9.31. The number of nitrogens with zero attached hydrogens (tertiary/aromatic N) is 4. The zero-order valence-electron chi connectivity index (χ0n) is 15.4. The lowest BCUT2D eigenvalue weighted by molar-refractivity contribution is -0.671. The van der Waals surface area contributed by atoms with Gasteiger partial charge >= 0.3 is 0 Å². The van der Waals surface area contributed by atoms with E-state index in [2.05, 4.69) is 63.8 Å². The maximum atomic E-state index is 5.95. The van der Waals surface area contributed by atoms with Gasteiger partial charge in [0.2, 0.25) is 6.33 Å². The van der Waals surface area contributed by atoms with Crippen LogP contribution in [0.5, 0.6) is 0 Å². The van der Waals surface area contributed by atoms with Crippen molar-refractivity contribution in [3.63, 3.8) is 0 Å². The second kappa shape index (κ2) is 9.11. The fraction of sp³-hybridized carbons (Fsp3) is 0.526. The normalized spacial score (nSPS) is 15.7. The fourth-order valence-electron chi connectivity index (χ4n) is 3.42. The molecule has 1 aliphatic rings. The van der Waals surface area contributed by atoms with E-state index in [-0.39, 0.29) is 12.4 Å². The van der Waals surface area contributed by atoms with Gasteiger partial charge in [0.15, 0.2) is 0 Å². The average Bonchev–Trinajstić information content (AvgIpc) is 2.83. The number of benzene rings is 1. The van der Waals surface area contributed by atoms with Gasteiger partial charge in [-0.05, 0) is 50.1 Å². The largest absolute Gasteiger partial charge is 1.00 e. The highest BCUT2D eigenvalue weighted by Crippen LogP contribution is 2.21. The van der Waals surface area contributed by atoms with Crippen molar-refractivity contribution in [2.75, 3.05) is 43.4 Å². The Balaban J connectivity index is 0.00000225. The number of aryl methyl sites for hydroxylation is 3. The molecule has 6 heteroatoms. The second-order valence-corrected chi connectivity index (χ2v) is 6.89. The Kier molecular flexibility index (Phi) is 7.14. The first-order valence-electron chi connectivity index (χ1n) is 8.96. The molecule has 1 aromatic heterocycles. The molecule has 25 heavy (non-hydrogen) atoms. The molecule has 0 spiro atoms. The summed E-state index contributed by atoms with van der Waals surface area (Å²) < 4.78 is 4.36. The van der Waals surface area contributed by atoms with Gasteiger partial charge in [0.1, 0.15) is 12.4 Å². The first-order chi connectivity index (χ1) is 11.6. The zero-order valence-corrected chi connectivity index (χ0v) is 16.1. The van der Waals surface area contributed by atoms with Crippen molar-refractivity contribution in [2.45, 2.75) is 26.3 Å². The molecule has 0 aliphatic carbocycles. The minimum Gasteiger partial charge on any atom is -1.00 e. The Hall–Kier alpha value is -1.72.